The molecule has 6 rings (SSSR count). The molecular weight excluding hydrogens is 564 g/mol. The quantitative estimate of drug-likeness (QED) is 0.213. The minimum atomic E-state index is 0.422. The van der Waals surface area contributed by atoms with Crippen LogP contribution in [0.2, 0.25) is 0 Å². The second-order valence-electron chi connectivity index (χ2n) is 9.45. The number of pyridine rings is 2. The Morgan fingerprint density at radius 2 is 1.70 bits per heavy atom. The van der Waals surface area contributed by atoms with Gasteiger partial charge in [0, 0.05) is 36.7 Å². The molecule has 3 aromatic heterocycles. The van der Waals surface area contributed by atoms with Crippen molar-refractivity contribution >= 4 is 38.6 Å². The number of rotatable bonds is 7. The minimum absolute atomic E-state index is 0.422. The number of nitrogen functional groups attached to an aromatic ring is 1. The fourth-order valence-electron chi connectivity index (χ4n) is 4.77. The molecule has 3 heterocycles. The van der Waals surface area contributed by atoms with Crippen LogP contribution >= 0.6 is 15.9 Å². The second-order valence-corrected chi connectivity index (χ2v) is 10.3. The number of anilines is 2. The molecule has 198 valence electrons. The van der Waals surface area contributed by atoms with Gasteiger partial charge in [0.15, 0.2) is 11.5 Å². The fraction of sp³-hybridized carbons (Fsp3) is 0.0938. The van der Waals surface area contributed by atoms with E-state index in [1.165, 1.54) is 5.56 Å². The third-order valence-electron chi connectivity index (χ3n) is 6.84. The zero-order chi connectivity index (χ0) is 27.6. The van der Waals surface area contributed by atoms with Gasteiger partial charge < -0.3 is 15.4 Å². The summed E-state index contributed by atoms with van der Waals surface area (Å²) in [6, 6.07) is 32.5. The van der Waals surface area contributed by atoms with Gasteiger partial charge in [0.2, 0.25) is 0 Å². The summed E-state index contributed by atoms with van der Waals surface area (Å²) in [6.45, 7) is 0.739. The highest BCUT2D eigenvalue weighted by molar-refractivity contribution is 9.10. The highest BCUT2D eigenvalue weighted by Gasteiger charge is 2.19. The summed E-state index contributed by atoms with van der Waals surface area (Å²) in [5, 5.41) is 0. The number of benzene rings is 3. The molecule has 7 nitrogen and oxygen atoms in total. The summed E-state index contributed by atoms with van der Waals surface area (Å²) in [6.07, 6.45) is 1.68. The van der Waals surface area contributed by atoms with Crippen molar-refractivity contribution in [2.24, 2.45) is 0 Å². The lowest BCUT2D eigenvalue weighted by molar-refractivity contribution is 0.412. The normalized spacial score (nSPS) is 11.1. The molecule has 0 unspecified atom stereocenters. The SMILES string of the molecule is COc1ccc(N(C)Cc2ccc(-n3c(-c4cccnc4N)nc4ccc(-c5ccccc5)nc43)cc2)cc1Br. The molecule has 0 saturated heterocycles. The van der Waals surface area contributed by atoms with Crippen molar-refractivity contribution in [3.63, 3.8) is 0 Å². The van der Waals surface area contributed by atoms with Gasteiger partial charge in [-0.25, -0.2) is 15.0 Å². The third kappa shape index (κ3) is 4.89. The molecule has 6 aromatic rings. The predicted octanol–water partition coefficient (Wildman–Crippen LogP) is 7.14. The van der Waals surface area contributed by atoms with Gasteiger partial charge in [-0.3, -0.25) is 4.57 Å². The molecule has 40 heavy (non-hydrogen) atoms. The van der Waals surface area contributed by atoms with Crippen molar-refractivity contribution in [1.29, 1.82) is 0 Å². The Bertz CT molecular complexity index is 1800. The van der Waals surface area contributed by atoms with Gasteiger partial charge >= 0.3 is 0 Å². The minimum Gasteiger partial charge on any atom is -0.496 e. The lowest BCUT2D eigenvalue weighted by Crippen LogP contribution is -2.16. The number of aromatic nitrogens is 4. The Morgan fingerprint density at radius 1 is 0.900 bits per heavy atom. The van der Waals surface area contributed by atoms with Crippen molar-refractivity contribution in [1.82, 2.24) is 19.5 Å². The molecule has 0 aliphatic rings. The Labute approximate surface area is 241 Å². The number of halogens is 1. The van der Waals surface area contributed by atoms with E-state index in [-0.39, 0.29) is 0 Å². The molecule has 0 atom stereocenters. The van der Waals surface area contributed by atoms with Gasteiger partial charge in [-0.15, -0.1) is 0 Å². The highest BCUT2D eigenvalue weighted by Crippen LogP contribution is 2.33. The van der Waals surface area contributed by atoms with Crippen molar-refractivity contribution in [3.05, 3.63) is 113 Å². The van der Waals surface area contributed by atoms with Gasteiger partial charge in [-0.2, -0.15) is 0 Å². The van der Waals surface area contributed by atoms with Crippen molar-refractivity contribution in [3.8, 4) is 34.1 Å². The molecule has 0 amide bonds. The molecule has 0 saturated carbocycles. The molecule has 8 heteroatoms. The first-order valence-electron chi connectivity index (χ1n) is 12.8. The maximum atomic E-state index is 6.30. The fourth-order valence-corrected chi connectivity index (χ4v) is 5.30. The van der Waals surface area contributed by atoms with Gasteiger partial charge in [0.1, 0.15) is 17.1 Å². The van der Waals surface area contributed by atoms with Crippen LogP contribution < -0.4 is 15.4 Å². The van der Waals surface area contributed by atoms with Crippen LogP contribution in [0.3, 0.4) is 0 Å². The molecule has 0 radical (unpaired) electrons. The zero-order valence-electron chi connectivity index (χ0n) is 22.1. The van der Waals surface area contributed by atoms with E-state index < -0.39 is 0 Å². The maximum absolute atomic E-state index is 6.30. The van der Waals surface area contributed by atoms with E-state index in [1.807, 2.05) is 48.5 Å². The van der Waals surface area contributed by atoms with E-state index >= 15 is 0 Å². The largest absolute Gasteiger partial charge is 0.496 e. The van der Waals surface area contributed by atoms with Crippen LogP contribution in [0.4, 0.5) is 11.5 Å². The topological polar surface area (TPSA) is 82.1 Å². The van der Waals surface area contributed by atoms with Gasteiger partial charge in [-0.1, -0.05) is 42.5 Å². The van der Waals surface area contributed by atoms with Crippen LogP contribution in [0.15, 0.2) is 108 Å². The second kappa shape index (κ2) is 10.8. The van der Waals surface area contributed by atoms with Crippen LogP contribution in [0, 0.1) is 0 Å². The summed E-state index contributed by atoms with van der Waals surface area (Å²) < 4.78 is 8.35. The summed E-state index contributed by atoms with van der Waals surface area (Å²) in [5.74, 6) is 1.93. The maximum Gasteiger partial charge on any atom is 0.165 e. The Kier molecular flexibility index (Phi) is 6.92. The van der Waals surface area contributed by atoms with E-state index in [2.05, 4.69) is 86.0 Å². The molecule has 3 aromatic carbocycles. The Hall–Kier alpha value is -4.69. The standard InChI is InChI=1S/C32H27BrN6O/c1-38(24-14-17-29(40-2)26(33)19-24)20-21-10-12-23(13-11-21)39-31(25-9-6-18-35-30(25)34)37-28-16-15-27(36-32(28)39)22-7-4-3-5-8-22/h3-19H,20H2,1-2H3,(H2,34,35). The van der Waals surface area contributed by atoms with E-state index in [4.69, 9.17) is 20.4 Å². The van der Waals surface area contributed by atoms with Crippen LogP contribution in [-0.4, -0.2) is 33.7 Å². The first kappa shape index (κ1) is 25.6. The van der Waals surface area contributed by atoms with Crippen molar-refractivity contribution < 1.29 is 4.74 Å². The first-order chi connectivity index (χ1) is 19.5. The number of nitrogens with zero attached hydrogens (tertiary/aromatic N) is 5. The van der Waals surface area contributed by atoms with E-state index in [1.54, 1.807) is 13.3 Å². The number of imidazole rings is 1. The number of hydrogen-bond acceptors (Lipinski definition) is 6. The molecule has 0 bridgehead atoms. The van der Waals surface area contributed by atoms with Crippen LogP contribution in [0.5, 0.6) is 5.75 Å². The summed E-state index contributed by atoms with van der Waals surface area (Å²) in [7, 11) is 3.74. The number of hydrogen-bond donors (Lipinski definition) is 1. The monoisotopic (exact) mass is 590 g/mol. The average molecular weight is 592 g/mol. The van der Waals surface area contributed by atoms with Crippen LogP contribution in [0.25, 0.3) is 39.5 Å². The van der Waals surface area contributed by atoms with Crippen LogP contribution in [-0.2, 0) is 6.54 Å². The number of fused-ring (bicyclic) bond motifs is 1. The number of methoxy groups -OCH3 is 1. The van der Waals surface area contributed by atoms with Crippen molar-refractivity contribution in [2.45, 2.75) is 6.54 Å². The first-order valence-corrected chi connectivity index (χ1v) is 13.6. The zero-order valence-corrected chi connectivity index (χ0v) is 23.7. The highest BCUT2D eigenvalue weighted by atomic mass is 79.9. The van der Waals surface area contributed by atoms with E-state index in [0.717, 1.165) is 56.1 Å². The van der Waals surface area contributed by atoms with Crippen molar-refractivity contribution in [2.75, 3.05) is 24.8 Å². The third-order valence-corrected chi connectivity index (χ3v) is 7.46. The van der Waals surface area contributed by atoms with Gasteiger partial charge in [-0.05, 0) is 76.1 Å². The smallest absolute Gasteiger partial charge is 0.165 e. The van der Waals surface area contributed by atoms with E-state index in [9.17, 15) is 0 Å². The number of ether oxygens (including phenoxy) is 1. The summed E-state index contributed by atoms with van der Waals surface area (Å²) >= 11 is 3.58. The van der Waals surface area contributed by atoms with Crippen LogP contribution in [0.1, 0.15) is 5.56 Å². The summed E-state index contributed by atoms with van der Waals surface area (Å²) in [4.78, 5) is 16.5. The Morgan fingerprint density at radius 3 is 2.42 bits per heavy atom. The lowest BCUT2D eigenvalue weighted by Gasteiger charge is -2.20. The molecular formula is C32H27BrN6O. The molecule has 0 aliphatic carbocycles. The lowest BCUT2D eigenvalue weighted by atomic mass is 10.1. The molecule has 0 aliphatic heterocycles. The average Bonchev–Trinajstić information content (AvgIpc) is 3.36. The van der Waals surface area contributed by atoms with Gasteiger partial charge in [0.05, 0.1) is 22.8 Å². The van der Waals surface area contributed by atoms with Gasteiger partial charge in [0.25, 0.3) is 0 Å². The predicted molar refractivity (Wildman–Crippen MR) is 165 cm³/mol. The molecule has 2 N–H and O–H groups in total. The number of nitrogens with two attached hydrogens (primary N) is 1. The molecule has 0 spiro atoms. The summed E-state index contributed by atoms with van der Waals surface area (Å²) in [5.41, 5.74) is 13.7. The Balaban J connectivity index is 1.40. The molecule has 0 fully saturated rings. The van der Waals surface area contributed by atoms with E-state index in [0.29, 0.717) is 11.6 Å².